The summed E-state index contributed by atoms with van der Waals surface area (Å²) in [6, 6.07) is 13.0. The lowest BCUT2D eigenvalue weighted by molar-refractivity contribution is 0.0991. The van der Waals surface area contributed by atoms with Gasteiger partial charge in [0.15, 0.2) is 10.8 Å². The second-order valence-electron chi connectivity index (χ2n) is 4.09. The number of pyridine rings is 1. The number of hydrogen-bond donors (Lipinski definition) is 0. The summed E-state index contributed by atoms with van der Waals surface area (Å²) in [6.45, 7) is 1.39. The van der Waals surface area contributed by atoms with Crippen molar-refractivity contribution in [3.8, 4) is 0 Å². The van der Waals surface area contributed by atoms with E-state index in [9.17, 15) is 13.2 Å². The van der Waals surface area contributed by atoms with Gasteiger partial charge in [0.05, 0.1) is 0 Å². The summed E-state index contributed by atoms with van der Waals surface area (Å²) in [6.07, 6.45) is 1.40. The van der Waals surface area contributed by atoms with Crippen LogP contribution in [0.3, 0.4) is 0 Å². The first-order valence-corrected chi connectivity index (χ1v) is 7.32. The highest BCUT2D eigenvalue weighted by atomic mass is 32.2. The van der Waals surface area contributed by atoms with E-state index < -0.39 is 20.9 Å². The molecule has 1 heterocycles. The first-order valence-electron chi connectivity index (χ1n) is 5.77. The average molecular weight is 275 g/mol. The third-order valence-corrected chi connectivity index (χ3v) is 4.79. The molecule has 0 aliphatic rings. The van der Waals surface area contributed by atoms with E-state index >= 15 is 0 Å². The third kappa shape index (κ3) is 2.71. The molecule has 1 atom stereocenters. The number of sulfone groups is 1. The van der Waals surface area contributed by atoms with Crippen molar-refractivity contribution >= 4 is 15.6 Å². The van der Waals surface area contributed by atoms with Gasteiger partial charge in [-0.2, -0.15) is 0 Å². The van der Waals surface area contributed by atoms with Crippen molar-refractivity contribution in [2.45, 2.75) is 17.2 Å². The average Bonchev–Trinajstić information content (AvgIpc) is 2.47. The van der Waals surface area contributed by atoms with Gasteiger partial charge >= 0.3 is 0 Å². The van der Waals surface area contributed by atoms with E-state index in [0.717, 1.165) is 0 Å². The Morgan fingerprint density at radius 3 is 2.26 bits per heavy atom. The van der Waals surface area contributed by atoms with Crippen LogP contribution in [0.25, 0.3) is 0 Å². The molecule has 0 amide bonds. The molecule has 1 aromatic carbocycles. The van der Waals surface area contributed by atoms with Crippen LogP contribution >= 0.6 is 0 Å². The molecule has 98 valence electrons. The number of aromatic nitrogens is 1. The van der Waals surface area contributed by atoms with Gasteiger partial charge in [-0.1, -0.05) is 36.4 Å². The normalized spacial score (nSPS) is 12.9. The second kappa shape index (κ2) is 5.32. The standard InChI is InChI=1S/C14H13NO3S/c1-11(14(16)12-7-3-2-4-8-12)19(17,18)13-9-5-6-10-15-13/h2-11H,1H3. The fourth-order valence-corrected chi connectivity index (χ4v) is 2.93. The Kier molecular flexibility index (Phi) is 3.76. The first kappa shape index (κ1) is 13.4. The van der Waals surface area contributed by atoms with Gasteiger partial charge in [0.25, 0.3) is 0 Å². The maximum atomic E-state index is 12.3. The van der Waals surface area contributed by atoms with E-state index in [1.54, 1.807) is 42.5 Å². The van der Waals surface area contributed by atoms with Crippen molar-refractivity contribution in [2.75, 3.05) is 0 Å². The summed E-state index contributed by atoms with van der Waals surface area (Å²) in [5, 5.41) is -1.23. The number of carbonyl (C=O) groups excluding carboxylic acids is 1. The lowest BCUT2D eigenvalue weighted by Crippen LogP contribution is -2.28. The van der Waals surface area contributed by atoms with Crippen LogP contribution in [0.2, 0.25) is 0 Å². The molecule has 0 bridgehead atoms. The van der Waals surface area contributed by atoms with E-state index in [2.05, 4.69) is 4.98 Å². The lowest BCUT2D eigenvalue weighted by atomic mass is 10.1. The van der Waals surface area contributed by atoms with Crippen LogP contribution in [0.5, 0.6) is 0 Å². The minimum atomic E-state index is -3.75. The number of ketones is 1. The van der Waals surface area contributed by atoms with Crippen LogP contribution < -0.4 is 0 Å². The number of carbonyl (C=O) groups is 1. The Balaban J connectivity index is 2.35. The molecule has 0 radical (unpaired) electrons. The second-order valence-corrected chi connectivity index (χ2v) is 6.30. The van der Waals surface area contributed by atoms with Gasteiger partial charge in [-0.05, 0) is 19.1 Å². The predicted molar refractivity (Wildman–Crippen MR) is 71.7 cm³/mol. The van der Waals surface area contributed by atoms with Gasteiger partial charge in [0.2, 0.25) is 9.84 Å². The van der Waals surface area contributed by atoms with Crippen molar-refractivity contribution in [2.24, 2.45) is 0 Å². The fraction of sp³-hybridized carbons (Fsp3) is 0.143. The highest BCUT2D eigenvalue weighted by Gasteiger charge is 2.31. The highest BCUT2D eigenvalue weighted by Crippen LogP contribution is 2.17. The molecule has 1 aromatic heterocycles. The van der Waals surface area contributed by atoms with Crippen molar-refractivity contribution in [1.82, 2.24) is 4.98 Å². The highest BCUT2D eigenvalue weighted by molar-refractivity contribution is 7.92. The number of benzene rings is 1. The zero-order valence-corrected chi connectivity index (χ0v) is 11.2. The summed E-state index contributed by atoms with van der Waals surface area (Å²) >= 11 is 0. The third-order valence-electron chi connectivity index (χ3n) is 2.82. The van der Waals surface area contributed by atoms with Crippen LogP contribution in [0.15, 0.2) is 59.8 Å². The Hall–Kier alpha value is -2.01. The Morgan fingerprint density at radius 2 is 1.68 bits per heavy atom. The fourth-order valence-electron chi connectivity index (χ4n) is 1.67. The SMILES string of the molecule is CC(C(=O)c1ccccc1)S(=O)(=O)c1ccccn1. The van der Waals surface area contributed by atoms with Crippen LogP contribution in [-0.2, 0) is 9.84 Å². The maximum Gasteiger partial charge on any atom is 0.205 e. The zero-order valence-electron chi connectivity index (χ0n) is 10.4. The molecule has 0 aliphatic heterocycles. The zero-order chi connectivity index (χ0) is 13.9. The minimum absolute atomic E-state index is 0.0771. The topological polar surface area (TPSA) is 64.1 Å². The van der Waals surface area contributed by atoms with E-state index in [-0.39, 0.29) is 5.03 Å². The predicted octanol–water partition coefficient (Wildman–Crippen LogP) is 2.13. The smallest absolute Gasteiger partial charge is 0.205 e. The van der Waals surface area contributed by atoms with E-state index in [4.69, 9.17) is 0 Å². The molecular weight excluding hydrogens is 262 g/mol. The molecule has 1 unspecified atom stereocenters. The molecule has 0 aliphatic carbocycles. The summed E-state index contributed by atoms with van der Waals surface area (Å²) in [4.78, 5) is 16.0. The van der Waals surface area contributed by atoms with Crippen LogP contribution in [-0.4, -0.2) is 24.4 Å². The van der Waals surface area contributed by atoms with Crippen LogP contribution in [0.4, 0.5) is 0 Å². The summed E-state index contributed by atoms with van der Waals surface area (Å²) in [7, 11) is -3.75. The largest absolute Gasteiger partial charge is 0.293 e. The number of hydrogen-bond acceptors (Lipinski definition) is 4. The minimum Gasteiger partial charge on any atom is -0.293 e. The van der Waals surface area contributed by atoms with Crippen LogP contribution in [0, 0.1) is 0 Å². The Labute approximate surface area is 112 Å². The van der Waals surface area contributed by atoms with Gasteiger partial charge < -0.3 is 0 Å². The van der Waals surface area contributed by atoms with Gasteiger partial charge in [0, 0.05) is 11.8 Å². The molecule has 0 fully saturated rings. The van der Waals surface area contributed by atoms with Gasteiger partial charge in [-0.25, -0.2) is 13.4 Å². The van der Waals surface area contributed by atoms with Gasteiger partial charge in [-0.15, -0.1) is 0 Å². The van der Waals surface area contributed by atoms with Crippen molar-refractivity contribution in [3.05, 3.63) is 60.3 Å². The number of rotatable bonds is 4. The van der Waals surface area contributed by atoms with E-state index in [0.29, 0.717) is 5.56 Å². The summed E-state index contributed by atoms with van der Waals surface area (Å²) in [5.74, 6) is -0.425. The molecule has 0 saturated heterocycles. The van der Waals surface area contributed by atoms with Crippen molar-refractivity contribution < 1.29 is 13.2 Å². The monoisotopic (exact) mass is 275 g/mol. The summed E-state index contributed by atoms with van der Waals surface area (Å²) in [5.41, 5.74) is 0.384. The Bertz CT molecular complexity index is 666. The Morgan fingerprint density at radius 1 is 1.05 bits per heavy atom. The lowest BCUT2D eigenvalue weighted by Gasteiger charge is -2.11. The van der Waals surface area contributed by atoms with E-state index in [1.165, 1.54) is 19.2 Å². The molecule has 2 rings (SSSR count). The van der Waals surface area contributed by atoms with Gasteiger partial charge in [-0.3, -0.25) is 4.79 Å². The molecule has 0 spiro atoms. The quantitative estimate of drug-likeness (QED) is 0.802. The molecule has 0 N–H and O–H groups in total. The van der Waals surface area contributed by atoms with Crippen molar-refractivity contribution in [1.29, 1.82) is 0 Å². The summed E-state index contributed by atoms with van der Waals surface area (Å²) < 4.78 is 24.5. The van der Waals surface area contributed by atoms with Gasteiger partial charge in [0.1, 0.15) is 5.25 Å². The number of nitrogens with zero attached hydrogens (tertiary/aromatic N) is 1. The molecule has 2 aromatic rings. The molecule has 4 nitrogen and oxygen atoms in total. The number of Topliss-reactive ketones (excluding diaryl/α,β-unsaturated/α-hetero) is 1. The molecule has 0 saturated carbocycles. The van der Waals surface area contributed by atoms with Crippen molar-refractivity contribution in [3.63, 3.8) is 0 Å². The van der Waals surface area contributed by atoms with Crippen LogP contribution in [0.1, 0.15) is 17.3 Å². The molecule has 19 heavy (non-hydrogen) atoms. The molecule has 5 heteroatoms. The van der Waals surface area contributed by atoms with E-state index in [1.807, 2.05) is 0 Å². The molecular formula is C14H13NO3S. The maximum absolute atomic E-state index is 12.3. The first-order chi connectivity index (χ1) is 9.03.